The van der Waals surface area contributed by atoms with Crippen molar-refractivity contribution in [3.63, 3.8) is 0 Å². The summed E-state index contributed by atoms with van der Waals surface area (Å²) < 4.78 is 0. The summed E-state index contributed by atoms with van der Waals surface area (Å²) in [5.74, 6) is -1.67. The Bertz CT molecular complexity index is 278. The highest BCUT2D eigenvalue weighted by atomic mass is 16.3. The second-order valence-corrected chi connectivity index (χ2v) is 3.59. The minimum atomic E-state index is -0.823. The summed E-state index contributed by atoms with van der Waals surface area (Å²) in [5.41, 5.74) is 0. The van der Waals surface area contributed by atoms with E-state index < -0.39 is 12.0 Å². The van der Waals surface area contributed by atoms with Gasteiger partial charge in [0.15, 0.2) is 5.78 Å². The zero-order valence-electron chi connectivity index (χ0n) is 9.74. The monoisotopic (exact) mass is 230 g/mol. The van der Waals surface area contributed by atoms with Gasteiger partial charge in [0, 0.05) is 13.5 Å². The predicted molar refractivity (Wildman–Crippen MR) is 57.5 cm³/mol. The van der Waals surface area contributed by atoms with Crippen LogP contribution in [0.3, 0.4) is 0 Å². The molecule has 0 aromatic heterocycles. The number of carbonyl (C=O) groups is 3. The van der Waals surface area contributed by atoms with Crippen LogP contribution in [0.25, 0.3) is 0 Å². The SMILES string of the molecule is CC(=O)NC(C(C)=O)C(C)C(=O)NCCO. The molecule has 0 aliphatic carbocycles. The molecule has 0 fully saturated rings. The predicted octanol–water partition coefficient (Wildman–Crippen LogP) is -1.18. The van der Waals surface area contributed by atoms with Crippen molar-refractivity contribution in [3.05, 3.63) is 0 Å². The van der Waals surface area contributed by atoms with Crippen LogP contribution in [0.5, 0.6) is 0 Å². The van der Waals surface area contributed by atoms with Crippen molar-refractivity contribution in [2.24, 2.45) is 5.92 Å². The standard InChI is InChI=1S/C10H18N2O4/c1-6(10(16)11-4-5-13)9(7(2)14)12-8(3)15/h6,9,13H,4-5H2,1-3H3,(H,11,16)(H,12,15). The van der Waals surface area contributed by atoms with Crippen LogP contribution in [0.15, 0.2) is 0 Å². The van der Waals surface area contributed by atoms with Crippen LogP contribution in [0.4, 0.5) is 0 Å². The van der Waals surface area contributed by atoms with E-state index in [4.69, 9.17) is 5.11 Å². The number of aliphatic hydroxyl groups excluding tert-OH is 1. The maximum atomic E-state index is 11.5. The second-order valence-electron chi connectivity index (χ2n) is 3.59. The zero-order valence-corrected chi connectivity index (χ0v) is 9.74. The Kier molecular flexibility index (Phi) is 6.32. The van der Waals surface area contributed by atoms with Crippen LogP contribution in [-0.2, 0) is 14.4 Å². The lowest BCUT2D eigenvalue weighted by atomic mass is 9.97. The van der Waals surface area contributed by atoms with E-state index in [1.807, 2.05) is 0 Å². The van der Waals surface area contributed by atoms with Crippen LogP contribution in [0, 0.1) is 5.92 Å². The second kappa shape index (κ2) is 6.95. The van der Waals surface area contributed by atoms with Crippen molar-refractivity contribution >= 4 is 17.6 Å². The Hall–Kier alpha value is -1.43. The Balaban J connectivity index is 4.48. The van der Waals surface area contributed by atoms with Crippen molar-refractivity contribution in [2.75, 3.05) is 13.2 Å². The number of amides is 2. The number of Topliss-reactive ketones (excluding diaryl/α,β-unsaturated/α-hetero) is 1. The lowest BCUT2D eigenvalue weighted by Gasteiger charge is -2.21. The van der Waals surface area contributed by atoms with Gasteiger partial charge in [-0.1, -0.05) is 6.92 Å². The summed E-state index contributed by atoms with van der Waals surface area (Å²) in [4.78, 5) is 33.6. The van der Waals surface area contributed by atoms with Crippen molar-refractivity contribution in [1.82, 2.24) is 10.6 Å². The van der Waals surface area contributed by atoms with Crippen molar-refractivity contribution in [2.45, 2.75) is 26.8 Å². The molecule has 6 heteroatoms. The molecule has 0 bridgehead atoms. The highest BCUT2D eigenvalue weighted by Gasteiger charge is 2.27. The van der Waals surface area contributed by atoms with E-state index in [2.05, 4.69) is 10.6 Å². The number of hydrogen-bond acceptors (Lipinski definition) is 4. The smallest absolute Gasteiger partial charge is 0.225 e. The van der Waals surface area contributed by atoms with Crippen molar-refractivity contribution < 1.29 is 19.5 Å². The molecule has 16 heavy (non-hydrogen) atoms. The summed E-state index contributed by atoms with van der Waals surface area (Å²) in [6.45, 7) is 4.12. The van der Waals surface area contributed by atoms with E-state index in [9.17, 15) is 14.4 Å². The normalized spacial score (nSPS) is 13.8. The Labute approximate surface area is 94.4 Å². The quantitative estimate of drug-likeness (QED) is 0.535. The maximum absolute atomic E-state index is 11.5. The van der Waals surface area contributed by atoms with E-state index >= 15 is 0 Å². The van der Waals surface area contributed by atoms with E-state index in [1.165, 1.54) is 13.8 Å². The number of carbonyl (C=O) groups excluding carboxylic acids is 3. The molecule has 0 aliphatic rings. The van der Waals surface area contributed by atoms with Crippen LogP contribution in [0.1, 0.15) is 20.8 Å². The maximum Gasteiger partial charge on any atom is 0.225 e. The van der Waals surface area contributed by atoms with Gasteiger partial charge < -0.3 is 15.7 Å². The molecule has 0 aliphatic heterocycles. The summed E-state index contributed by atoms with van der Waals surface area (Å²) in [7, 11) is 0. The first kappa shape index (κ1) is 14.6. The van der Waals surface area contributed by atoms with Gasteiger partial charge in [0.05, 0.1) is 18.6 Å². The van der Waals surface area contributed by atoms with Gasteiger partial charge in [-0.05, 0) is 6.92 Å². The molecule has 2 unspecified atom stereocenters. The van der Waals surface area contributed by atoms with Gasteiger partial charge in [-0.15, -0.1) is 0 Å². The molecule has 0 aromatic carbocycles. The number of rotatable bonds is 6. The minimum absolute atomic E-state index is 0.133. The molecule has 0 saturated heterocycles. The first-order valence-corrected chi connectivity index (χ1v) is 5.06. The topological polar surface area (TPSA) is 95.5 Å². The van der Waals surface area contributed by atoms with Gasteiger partial charge in [-0.25, -0.2) is 0 Å². The first-order valence-electron chi connectivity index (χ1n) is 5.06. The van der Waals surface area contributed by atoms with Crippen LogP contribution in [-0.4, -0.2) is 41.9 Å². The third-order valence-electron chi connectivity index (χ3n) is 2.12. The molecule has 0 aromatic rings. The molecule has 0 radical (unpaired) electrons. The summed E-state index contributed by atoms with van der Waals surface area (Å²) in [6.07, 6.45) is 0. The largest absolute Gasteiger partial charge is 0.395 e. The average molecular weight is 230 g/mol. The van der Waals surface area contributed by atoms with Gasteiger partial charge >= 0.3 is 0 Å². The third kappa shape index (κ3) is 4.88. The zero-order chi connectivity index (χ0) is 12.7. The van der Waals surface area contributed by atoms with Gasteiger partial charge in [-0.2, -0.15) is 0 Å². The van der Waals surface area contributed by atoms with Gasteiger partial charge in [0.2, 0.25) is 11.8 Å². The fourth-order valence-electron chi connectivity index (χ4n) is 1.29. The van der Waals surface area contributed by atoms with Gasteiger partial charge in [0.1, 0.15) is 0 Å². The minimum Gasteiger partial charge on any atom is -0.395 e. The van der Waals surface area contributed by atoms with Crippen LogP contribution in [0.2, 0.25) is 0 Å². The number of nitrogens with one attached hydrogen (secondary N) is 2. The first-order chi connectivity index (χ1) is 7.40. The van der Waals surface area contributed by atoms with Gasteiger partial charge in [0.25, 0.3) is 0 Å². The lowest BCUT2D eigenvalue weighted by Crippen LogP contribution is -2.49. The van der Waals surface area contributed by atoms with E-state index in [0.29, 0.717) is 0 Å². The third-order valence-corrected chi connectivity index (χ3v) is 2.12. The molecular formula is C10H18N2O4. The van der Waals surface area contributed by atoms with E-state index in [0.717, 1.165) is 0 Å². The molecule has 3 N–H and O–H groups in total. The molecule has 2 atom stereocenters. The molecule has 92 valence electrons. The van der Waals surface area contributed by atoms with E-state index in [-0.39, 0.29) is 30.7 Å². The van der Waals surface area contributed by atoms with E-state index in [1.54, 1.807) is 6.92 Å². The fraction of sp³-hybridized carbons (Fsp3) is 0.700. The van der Waals surface area contributed by atoms with Crippen molar-refractivity contribution in [3.8, 4) is 0 Å². The van der Waals surface area contributed by atoms with Crippen LogP contribution < -0.4 is 10.6 Å². The van der Waals surface area contributed by atoms with Crippen molar-refractivity contribution in [1.29, 1.82) is 0 Å². The molecule has 0 rings (SSSR count). The molecule has 2 amide bonds. The fourth-order valence-corrected chi connectivity index (χ4v) is 1.29. The number of aliphatic hydroxyl groups is 1. The number of ketones is 1. The highest BCUT2D eigenvalue weighted by Crippen LogP contribution is 2.04. The van der Waals surface area contributed by atoms with Crippen LogP contribution >= 0.6 is 0 Å². The molecule has 6 nitrogen and oxygen atoms in total. The van der Waals surface area contributed by atoms with Gasteiger partial charge in [-0.3, -0.25) is 14.4 Å². The highest BCUT2D eigenvalue weighted by molar-refractivity contribution is 5.92. The molecule has 0 saturated carbocycles. The molecule has 0 heterocycles. The number of hydrogen-bond donors (Lipinski definition) is 3. The summed E-state index contributed by atoms with van der Waals surface area (Å²) in [6, 6.07) is -0.823. The molecular weight excluding hydrogens is 212 g/mol. The average Bonchev–Trinajstić information content (AvgIpc) is 2.20. The Morgan fingerprint density at radius 3 is 2.19 bits per heavy atom. The summed E-state index contributed by atoms with van der Waals surface area (Å²) >= 11 is 0. The Morgan fingerprint density at radius 2 is 1.81 bits per heavy atom. The summed E-state index contributed by atoms with van der Waals surface area (Å²) in [5, 5.41) is 13.4. The Morgan fingerprint density at radius 1 is 1.25 bits per heavy atom. The lowest BCUT2D eigenvalue weighted by molar-refractivity contribution is -0.132. The molecule has 0 spiro atoms.